The van der Waals surface area contributed by atoms with Gasteiger partial charge in [-0.2, -0.15) is 0 Å². The first-order valence-corrected chi connectivity index (χ1v) is 5.59. The highest BCUT2D eigenvalue weighted by molar-refractivity contribution is 6.02. The maximum absolute atomic E-state index is 13.2. The highest BCUT2D eigenvalue weighted by Gasteiger charge is 2.08. The van der Waals surface area contributed by atoms with Crippen molar-refractivity contribution in [2.75, 3.05) is 10.7 Å². The fourth-order valence-corrected chi connectivity index (χ4v) is 1.62. The van der Waals surface area contributed by atoms with Crippen molar-refractivity contribution in [2.24, 2.45) is 5.84 Å². The van der Waals surface area contributed by atoms with Crippen LogP contribution in [0.2, 0.25) is 0 Å². The molecule has 0 aliphatic carbocycles. The monoisotopic (exact) mass is 260 g/mol. The lowest BCUT2D eigenvalue weighted by molar-refractivity contribution is 0.102. The lowest BCUT2D eigenvalue weighted by Gasteiger charge is -2.06. The normalized spacial score (nSPS) is 10.1. The minimum absolute atomic E-state index is 0.223. The first-order valence-electron chi connectivity index (χ1n) is 5.59. The van der Waals surface area contributed by atoms with Gasteiger partial charge in [0, 0.05) is 5.69 Å². The fraction of sp³-hybridized carbons (Fsp3) is 0.0769. The summed E-state index contributed by atoms with van der Waals surface area (Å²) < 4.78 is 13.2. The summed E-state index contributed by atoms with van der Waals surface area (Å²) in [6, 6.07) is 7.46. The predicted octanol–water partition coefficient (Wildman–Crippen LogP) is 2.07. The zero-order valence-electron chi connectivity index (χ0n) is 10.3. The second-order valence-corrected chi connectivity index (χ2v) is 4.05. The van der Waals surface area contributed by atoms with Crippen LogP contribution < -0.4 is 16.6 Å². The maximum atomic E-state index is 13.2. The van der Waals surface area contributed by atoms with Crippen molar-refractivity contribution in [1.82, 2.24) is 4.98 Å². The lowest BCUT2D eigenvalue weighted by Crippen LogP contribution is -2.14. The molecule has 2 aromatic rings. The third-order valence-electron chi connectivity index (χ3n) is 2.46. The summed E-state index contributed by atoms with van der Waals surface area (Å²) in [6.45, 7) is 1.75. The van der Waals surface area contributed by atoms with Gasteiger partial charge in [-0.25, -0.2) is 9.37 Å². The number of halogens is 1. The molecule has 0 saturated carbocycles. The Morgan fingerprint density at radius 2 is 2.05 bits per heavy atom. The summed E-state index contributed by atoms with van der Waals surface area (Å²) in [5.74, 6) is 4.39. The van der Waals surface area contributed by atoms with Gasteiger partial charge in [0.1, 0.15) is 11.5 Å². The Balaban J connectivity index is 2.15. The third kappa shape index (κ3) is 3.26. The van der Waals surface area contributed by atoms with E-state index in [0.29, 0.717) is 11.4 Å². The number of aryl methyl sites for hydroxylation is 1. The Morgan fingerprint density at radius 1 is 1.26 bits per heavy atom. The standard InChI is InChI=1S/C13H13FN4O/c1-8-4-9(14)6-11(5-8)17-13(19)12-3-2-10(18-15)7-16-12/h2-7,18H,15H2,1H3,(H,17,19). The van der Waals surface area contributed by atoms with Gasteiger partial charge in [0.15, 0.2) is 0 Å². The van der Waals surface area contributed by atoms with Crippen LogP contribution in [0.15, 0.2) is 36.5 Å². The molecule has 0 spiro atoms. The van der Waals surface area contributed by atoms with Crippen molar-refractivity contribution < 1.29 is 9.18 Å². The van der Waals surface area contributed by atoms with Gasteiger partial charge in [-0.05, 0) is 42.8 Å². The molecule has 98 valence electrons. The van der Waals surface area contributed by atoms with Crippen molar-refractivity contribution in [3.8, 4) is 0 Å². The second-order valence-electron chi connectivity index (χ2n) is 4.05. The number of hydrogen-bond donors (Lipinski definition) is 3. The first kappa shape index (κ1) is 13.0. The molecule has 5 nitrogen and oxygen atoms in total. The fourth-order valence-electron chi connectivity index (χ4n) is 1.62. The number of amides is 1. The smallest absolute Gasteiger partial charge is 0.274 e. The van der Waals surface area contributed by atoms with Gasteiger partial charge in [0.05, 0.1) is 11.9 Å². The predicted molar refractivity (Wildman–Crippen MR) is 71.1 cm³/mol. The van der Waals surface area contributed by atoms with E-state index >= 15 is 0 Å². The van der Waals surface area contributed by atoms with Gasteiger partial charge < -0.3 is 10.7 Å². The van der Waals surface area contributed by atoms with Gasteiger partial charge in [-0.1, -0.05) is 0 Å². The van der Waals surface area contributed by atoms with Crippen LogP contribution in [0.5, 0.6) is 0 Å². The van der Waals surface area contributed by atoms with Gasteiger partial charge in [0.25, 0.3) is 5.91 Å². The molecule has 4 N–H and O–H groups in total. The maximum Gasteiger partial charge on any atom is 0.274 e. The quantitative estimate of drug-likeness (QED) is 0.583. The highest BCUT2D eigenvalue weighted by Crippen LogP contribution is 2.14. The van der Waals surface area contributed by atoms with Crippen LogP contribution in [0.3, 0.4) is 0 Å². The molecule has 0 fully saturated rings. The largest absolute Gasteiger partial charge is 0.323 e. The molecule has 0 unspecified atom stereocenters. The summed E-state index contributed by atoms with van der Waals surface area (Å²) in [5.41, 5.74) is 4.35. The number of nitrogens with zero attached hydrogens (tertiary/aromatic N) is 1. The van der Waals surface area contributed by atoms with Crippen LogP contribution >= 0.6 is 0 Å². The van der Waals surface area contributed by atoms with Crippen LogP contribution in [0.25, 0.3) is 0 Å². The number of nitrogens with two attached hydrogens (primary N) is 1. The molecule has 1 aromatic heterocycles. The van der Waals surface area contributed by atoms with E-state index in [9.17, 15) is 9.18 Å². The van der Waals surface area contributed by atoms with Crippen LogP contribution in [0.4, 0.5) is 15.8 Å². The van der Waals surface area contributed by atoms with Crippen LogP contribution in [-0.2, 0) is 0 Å². The molecule has 0 saturated heterocycles. The average Bonchev–Trinajstić information content (AvgIpc) is 2.37. The number of aromatic nitrogens is 1. The van der Waals surface area contributed by atoms with Gasteiger partial charge in [0.2, 0.25) is 0 Å². The van der Waals surface area contributed by atoms with E-state index in [1.807, 2.05) is 0 Å². The summed E-state index contributed by atoms with van der Waals surface area (Å²) in [7, 11) is 0. The number of carbonyl (C=O) groups excluding carboxylic acids is 1. The summed E-state index contributed by atoms with van der Waals surface area (Å²) in [6.07, 6.45) is 1.44. The Labute approximate surface area is 109 Å². The molecule has 2 rings (SSSR count). The second kappa shape index (κ2) is 5.45. The molecule has 1 aromatic carbocycles. The van der Waals surface area contributed by atoms with E-state index in [0.717, 1.165) is 5.56 Å². The zero-order chi connectivity index (χ0) is 13.8. The molecule has 1 heterocycles. The number of hydrazine groups is 1. The van der Waals surface area contributed by atoms with E-state index in [1.165, 1.54) is 24.4 Å². The minimum atomic E-state index is -0.409. The van der Waals surface area contributed by atoms with Crippen molar-refractivity contribution in [3.05, 3.63) is 53.6 Å². The Hall–Kier alpha value is -2.47. The Morgan fingerprint density at radius 3 is 2.63 bits per heavy atom. The van der Waals surface area contributed by atoms with Crippen LogP contribution in [-0.4, -0.2) is 10.9 Å². The molecule has 1 amide bonds. The number of nitrogen functional groups attached to an aromatic ring is 1. The Bertz CT molecular complexity index is 578. The molecular formula is C13H13FN4O. The highest BCUT2D eigenvalue weighted by atomic mass is 19.1. The SMILES string of the molecule is Cc1cc(F)cc(NC(=O)c2ccc(NN)cn2)c1. The Kier molecular flexibility index (Phi) is 3.72. The van der Waals surface area contributed by atoms with E-state index in [1.54, 1.807) is 19.1 Å². The number of benzene rings is 1. The number of carbonyl (C=O) groups is 1. The summed E-state index contributed by atoms with van der Waals surface area (Å²) in [4.78, 5) is 15.8. The molecule has 0 aliphatic heterocycles. The number of rotatable bonds is 3. The molecule has 6 heteroatoms. The zero-order valence-corrected chi connectivity index (χ0v) is 10.3. The van der Waals surface area contributed by atoms with E-state index in [2.05, 4.69) is 15.7 Å². The summed E-state index contributed by atoms with van der Waals surface area (Å²) >= 11 is 0. The van der Waals surface area contributed by atoms with Gasteiger partial charge in [-0.3, -0.25) is 10.6 Å². The molecule has 0 atom stereocenters. The minimum Gasteiger partial charge on any atom is -0.323 e. The average molecular weight is 260 g/mol. The van der Waals surface area contributed by atoms with Gasteiger partial charge in [-0.15, -0.1) is 0 Å². The van der Waals surface area contributed by atoms with Gasteiger partial charge >= 0.3 is 0 Å². The van der Waals surface area contributed by atoms with Crippen molar-refractivity contribution >= 4 is 17.3 Å². The topological polar surface area (TPSA) is 80.0 Å². The molecule has 0 aliphatic rings. The molecule has 19 heavy (non-hydrogen) atoms. The lowest BCUT2D eigenvalue weighted by atomic mass is 10.2. The third-order valence-corrected chi connectivity index (χ3v) is 2.46. The molecule has 0 bridgehead atoms. The van der Waals surface area contributed by atoms with Crippen LogP contribution in [0, 0.1) is 12.7 Å². The number of anilines is 2. The van der Waals surface area contributed by atoms with E-state index < -0.39 is 11.7 Å². The number of hydrogen-bond acceptors (Lipinski definition) is 4. The van der Waals surface area contributed by atoms with Crippen LogP contribution in [0.1, 0.15) is 16.1 Å². The number of nitrogens with one attached hydrogen (secondary N) is 2. The number of pyridine rings is 1. The molecular weight excluding hydrogens is 247 g/mol. The van der Waals surface area contributed by atoms with Crippen molar-refractivity contribution in [2.45, 2.75) is 6.92 Å². The molecule has 0 radical (unpaired) electrons. The van der Waals surface area contributed by atoms with E-state index in [-0.39, 0.29) is 5.69 Å². The van der Waals surface area contributed by atoms with Crippen molar-refractivity contribution in [1.29, 1.82) is 0 Å². The van der Waals surface area contributed by atoms with Crippen molar-refractivity contribution in [3.63, 3.8) is 0 Å². The first-order chi connectivity index (χ1) is 9.08. The van der Waals surface area contributed by atoms with E-state index in [4.69, 9.17) is 5.84 Å². The summed E-state index contributed by atoms with van der Waals surface area (Å²) in [5, 5.41) is 2.58.